The van der Waals surface area contributed by atoms with E-state index in [2.05, 4.69) is 37.7 Å². The van der Waals surface area contributed by atoms with Crippen LogP contribution < -0.4 is 5.73 Å². The van der Waals surface area contributed by atoms with E-state index in [1.807, 2.05) is 0 Å². The van der Waals surface area contributed by atoms with Crippen LogP contribution in [0.4, 0.5) is 0 Å². The molecule has 15 heavy (non-hydrogen) atoms. The molecule has 0 heterocycles. The fourth-order valence-corrected chi connectivity index (χ4v) is 1.59. The van der Waals surface area contributed by atoms with Crippen LogP contribution in [0.2, 0.25) is 0 Å². The van der Waals surface area contributed by atoms with E-state index in [4.69, 9.17) is 5.73 Å². The van der Waals surface area contributed by atoms with Gasteiger partial charge in [0.05, 0.1) is 0 Å². The summed E-state index contributed by atoms with van der Waals surface area (Å²) in [5.41, 5.74) is 5.92. The van der Waals surface area contributed by atoms with Crippen LogP contribution >= 0.6 is 0 Å². The van der Waals surface area contributed by atoms with Gasteiger partial charge in [0.2, 0.25) is 0 Å². The minimum atomic E-state index is 0.382. The van der Waals surface area contributed by atoms with Gasteiger partial charge in [-0.1, -0.05) is 13.8 Å². The predicted molar refractivity (Wildman–Crippen MR) is 68.2 cm³/mol. The van der Waals surface area contributed by atoms with Crippen molar-refractivity contribution in [1.29, 1.82) is 0 Å². The van der Waals surface area contributed by atoms with Gasteiger partial charge in [-0.05, 0) is 59.5 Å². The molecule has 1 unspecified atom stereocenters. The summed E-state index contributed by atoms with van der Waals surface area (Å²) in [6.07, 6.45) is 3.48. The Morgan fingerprint density at radius 1 is 1.07 bits per heavy atom. The highest BCUT2D eigenvalue weighted by Gasteiger charge is 2.05. The largest absolute Gasteiger partial charge is 0.328 e. The second-order valence-electron chi connectivity index (χ2n) is 4.55. The third-order valence-corrected chi connectivity index (χ3v) is 2.87. The van der Waals surface area contributed by atoms with E-state index in [1.54, 1.807) is 0 Å². The third kappa shape index (κ3) is 8.85. The van der Waals surface area contributed by atoms with E-state index in [9.17, 15) is 0 Å². The Balaban J connectivity index is 3.54. The first-order chi connectivity index (χ1) is 7.10. The smallest absolute Gasteiger partial charge is 0.00483 e. The van der Waals surface area contributed by atoms with E-state index < -0.39 is 0 Å². The number of hydrogen-bond donors (Lipinski definition) is 1. The summed E-state index contributed by atoms with van der Waals surface area (Å²) in [4.78, 5) is 4.74. The molecule has 3 heteroatoms. The maximum absolute atomic E-state index is 5.92. The Hall–Kier alpha value is -0.120. The molecule has 92 valence electrons. The maximum atomic E-state index is 5.92. The molecule has 0 rings (SSSR count). The van der Waals surface area contributed by atoms with Gasteiger partial charge in [-0.2, -0.15) is 0 Å². The van der Waals surface area contributed by atoms with Gasteiger partial charge in [0.1, 0.15) is 0 Å². The highest BCUT2D eigenvalue weighted by atomic mass is 15.1. The molecule has 0 saturated heterocycles. The number of nitrogens with two attached hydrogens (primary N) is 1. The van der Waals surface area contributed by atoms with Gasteiger partial charge in [-0.15, -0.1) is 0 Å². The molecular weight excluding hydrogens is 186 g/mol. The SMILES string of the molecule is CCC(N)CCN(CC)CCCN(C)C. The Kier molecular flexibility index (Phi) is 9.06. The maximum Gasteiger partial charge on any atom is 0.00483 e. The Bertz CT molecular complexity index is 137. The van der Waals surface area contributed by atoms with Crippen molar-refractivity contribution >= 4 is 0 Å². The van der Waals surface area contributed by atoms with E-state index in [0.29, 0.717) is 6.04 Å². The van der Waals surface area contributed by atoms with Gasteiger partial charge < -0.3 is 15.5 Å². The van der Waals surface area contributed by atoms with Gasteiger partial charge in [-0.25, -0.2) is 0 Å². The average molecular weight is 215 g/mol. The van der Waals surface area contributed by atoms with E-state index in [1.165, 1.54) is 19.5 Å². The lowest BCUT2D eigenvalue weighted by atomic mass is 10.1. The summed E-state index contributed by atoms with van der Waals surface area (Å²) < 4.78 is 0. The second-order valence-corrected chi connectivity index (χ2v) is 4.55. The molecule has 0 aromatic rings. The van der Waals surface area contributed by atoms with Crippen molar-refractivity contribution < 1.29 is 0 Å². The van der Waals surface area contributed by atoms with Crippen LogP contribution in [0.3, 0.4) is 0 Å². The van der Waals surface area contributed by atoms with Gasteiger partial charge in [0.25, 0.3) is 0 Å². The third-order valence-electron chi connectivity index (χ3n) is 2.87. The lowest BCUT2D eigenvalue weighted by Gasteiger charge is -2.22. The zero-order valence-electron chi connectivity index (χ0n) is 11.0. The molecule has 3 nitrogen and oxygen atoms in total. The van der Waals surface area contributed by atoms with Crippen molar-refractivity contribution in [3.8, 4) is 0 Å². The van der Waals surface area contributed by atoms with Crippen LogP contribution in [0.1, 0.15) is 33.1 Å². The lowest BCUT2D eigenvalue weighted by molar-refractivity contribution is 0.256. The van der Waals surface area contributed by atoms with Gasteiger partial charge >= 0.3 is 0 Å². The highest BCUT2D eigenvalue weighted by molar-refractivity contribution is 4.63. The molecule has 0 aromatic heterocycles. The van der Waals surface area contributed by atoms with E-state index in [0.717, 1.165) is 25.9 Å². The molecular formula is C12H29N3. The molecule has 2 N–H and O–H groups in total. The predicted octanol–water partition coefficient (Wildman–Crippen LogP) is 1.39. The van der Waals surface area contributed by atoms with E-state index in [-0.39, 0.29) is 0 Å². The lowest BCUT2D eigenvalue weighted by Crippen LogP contribution is -2.32. The molecule has 0 radical (unpaired) electrons. The molecule has 1 atom stereocenters. The standard InChI is InChI=1S/C12H29N3/c1-5-12(13)8-11-15(6-2)10-7-9-14(3)4/h12H,5-11,13H2,1-4H3. The van der Waals surface area contributed by atoms with E-state index >= 15 is 0 Å². The van der Waals surface area contributed by atoms with Crippen LogP contribution in [0, 0.1) is 0 Å². The molecule has 0 saturated carbocycles. The summed E-state index contributed by atoms with van der Waals surface area (Å²) in [6, 6.07) is 0.382. The van der Waals surface area contributed by atoms with Crippen LogP contribution in [-0.4, -0.2) is 56.1 Å². The molecule has 0 fully saturated rings. The van der Waals surface area contributed by atoms with Crippen molar-refractivity contribution in [2.75, 3.05) is 40.3 Å². The summed E-state index contributed by atoms with van der Waals surface area (Å²) in [7, 11) is 4.26. The van der Waals surface area contributed by atoms with Crippen molar-refractivity contribution in [1.82, 2.24) is 9.80 Å². The summed E-state index contributed by atoms with van der Waals surface area (Å²) in [5.74, 6) is 0. The normalized spacial score (nSPS) is 13.8. The van der Waals surface area contributed by atoms with Crippen LogP contribution in [0.5, 0.6) is 0 Å². The minimum Gasteiger partial charge on any atom is -0.328 e. The molecule has 0 aliphatic carbocycles. The summed E-state index contributed by atoms with van der Waals surface area (Å²) >= 11 is 0. The Morgan fingerprint density at radius 2 is 1.73 bits per heavy atom. The monoisotopic (exact) mass is 215 g/mol. The topological polar surface area (TPSA) is 32.5 Å². The minimum absolute atomic E-state index is 0.382. The van der Waals surface area contributed by atoms with Crippen molar-refractivity contribution in [2.24, 2.45) is 5.73 Å². The summed E-state index contributed by atoms with van der Waals surface area (Å²) in [5, 5.41) is 0. The molecule has 0 aliphatic rings. The molecule has 0 aliphatic heterocycles. The van der Waals surface area contributed by atoms with Gasteiger partial charge in [-0.3, -0.25) is 0 Å². The first kappa shape index (κ1) is 14.9. The van der Waals surface area contributed by atoms with Crippen LogP contribution in [-0.2, 0) is 0 Å². The van der Waals surface area contributed by atoms with Crippen molar-refractivity contribution in [2.45, 2.75) is 39.2 Å². The second kappa shape index (κ2) is 9.13. The molecule has 0 amide bonds. The average Bonchev–Trinajstić information content (AvgIpc) is 2.22. The quantitative estimate of drug-likeness (QED) is 0.631. The van der Waals surface area contributed by atoms with Crippen LogP contribution in [0.25, 0.3) is 0 Å². The number of rotatable bonds is 9. The Morgan fingerprint density at radius 3 is 2.20 bits per heavy atom. The number of hydrogen-bond acceptors (Lipinski definition) is 3. The Labute approximate surface area is 95.6 Å². The van der Waals surface area contributed by atoms with Crippen molar-refractivity contribution in [3.63, 3.8) is 0 Å². The first-order valence-corrected chi connectivity index (χ1v) is 6.22. The zero-order chi connectivity index (χ0) is 11.7. The fraction of sp³-hybridized carbons (Fsp3) is 1.00. The molecule has 0 aromatic carbocycles. The van der Waals surface area contributed by atoms with Gasteiger partial charge in [0, 0.05) is 6.04 Å². The first-order valence-electron chi connectivity index (χ1n) is 6.22. The summed E-state index contributed by atoms with van der Waals surface area (Å²) in [6.45, 7) is 9.06. The number of nitrogens with zero attached hydrogens (tertiary/aromatic N) is 2. The van der Waals surface area contributed by atoms with Crippen molar-refractivity contribution in [3.05, 3.63) is 0 Å². The molecule has 0 spiro atoms. The van der Waals surface area contributed by atoms with Crippen LogP contribution in [0.15, 0.2) is 0 Å². The molecule has 0 bridgehead atoms. The van der Waals surface area contributed by atoms with Gasteiger partial charge in [0.15, 0.2) is 0 Å². The fourth-order valence-electron chi connectivity index (χ4n) is 1.59. The zero-order valence-corrected chi connectivity index (χ0v) is 11.0. The highest BCUT2D eigenvalue weighted by Crippen LogP contribution is 1.99.